The Balaban J connectivity index is 2.12. The molecular formula is C24H23N3O2S2. The summed E-state index contributed by atoms with van der Waals surface area (Å²) in [6.45, 7) is 5.73. The highest BCUT2D eigenvalue weighted by Crippen LogP contribution is 2.20. The summed E-state index contributed by atoms with van der Waals surface area (Å²) in [6.07, 6.45) is 5.09. The number of benzene rings is 1. The maximum absolute atomic E-state index is 13.2. The summed E-state index contributed by atoms with van der Waals surface area (Å²) in [4.78, 5) is 31.2. The fourth-order valence-electron chi connectivity index (χ4n) is 2.86. The van der Waals surface area contributed by atoms with E-state index >= 15 is 0 Å². The molecule has 0 aliphatic heterocycles. The molecule has 0 N–H and O–H groups in total. The molecule has 2 aromatic heterocycles. The van der Waals surface area contributed by atoms with Crippen molar-refractivity contribution in [1.82, 2.24) is 9.55 Å². The van der Waals surface area contributed by atoms with E-state index in [2.05, 4.69) is 11.1 Å². The number of hydrogen-bond donors (Lipinski definition) is 0. The zero-order chi connectivity index (χ0) is 22.4. The van der Waals surface area contributed by atoms with Gasteiger partial charge in [0.05, 0.1) is 4.53 Å². The third-order valence-electron chi connectivity index (χ3n) is 4.47. The summed E-state index contributed by atoms with van der Waals surface area (Å²) >= 11 is 2.82. The van der Waals surface area contributed by atoms with Gasteiger partial charge in [0.1, 0.15) is 16.3 Å². The molecule has 158 valence electrons. The Bertz CT molecular complexity index is 1280. The molecule has 2 heterocycles. The van der Waals surface area contributed by atoms with Crippen LogP contribution in [-0.2, 0) is 11.3 Å². The summed E-state index contributed by atoms with van der Waals surface area (Å²) in [5.74, 6) is 0.376. The molecule has 0 radical (unpaired) electrons. The minimum Gasteiger partial charge on any atom is -0.297 e. The van der Waals surface area contributed by atoms with E-state index in [0.717, 1.165) is 10.5 Å². The molecule has 0 aliphatic carbocycles. The molecular weight excluding hydrogens is 426 g/mol. The monoisotopic (exact) mass is 449 g/mol. The van der Waals surface area contributed by atoms with Crippen molar-refractivity contribution in [2.45, 2.75) is 32.2 Å². The van der Waals surface area contributed by atoms with E-state index in [1.807, 2.05) is 42.5 Å². The van der Waals surface area contributed by atoms with Crippen molar-refractivity contribution < 1.29 is 4.79 Å². The lowest BCUT2D eigenvalue weighted by molar-refractivity contribution is -0.120. The van der Waals surface area contributed by atoms with Crippen LogP contribution in [0.25, 0.3) is 11.6 Å². The Morgan fingerprint density at radius 1 is 1.19 bits per heavy atom. The largest absolute Gasteiger partial charge is 0.297 e. The van der Waals surface area contributed by atoms with Gasteiger partial charge in [-0.15, -0.1) is 23.1 Å². The molecule has 3 aromatic rings. The van der Waals surface area contributed by atoms with Crippen molar-refractivity contribution in [3.63, 3.8) is 0 Å². The number of pyridine rings is 1. The second kappa shape index (κ2) is 9.90. The molecule has 0 spiro atoms. The SMILES string of the molecule is CC(C)(C)C(=O)/C(C#N)=c1\s/c(=C/c2ccncc2)c(=O)n1CCSc1ccccc1. The quantitative estimate of drug-likeness (QED) is 0.540. The number of thioether (sulfide) groups is 1. The van der Waals surface area contributed by atoms with Gasteiger partial charge in [0.25, 0.3) is 5.56 Å². The lowest BCUT2D eigenvalue weighted by atomic mass is 9.87. The predicted octanol–water partition coefficient (Wildman–Crippen LogP) is 3.22. The van der Waals surface area contributed by atoms with E-state index in [1.54, 1.807) is 55.6 Å². The highest BCUT2D eigenvalue weighted by molar-refractivity contribution is 7.99. The van der Waals surface area contributed by atoms with Crippen LogP contribution in [0.3, 0.4) is 0 Å². The molecule has 0 aliphatic rings. The van der Waals surface area contributed by atoms with Crippen LogP contribution in [0.4, 0.5) is 0 Å². The van der Waals surface area contributed by atoms with Gasteiger partial charge in [-0.3, -0.25) is 19.1 Å². The number of carbonyl (C=O) groups is 1. The van der Waals surface area contributed by atoms with Crippen LogP contribution in [0, 0.1) is 16.7 Å². The van der Waals surface area contributed by atoms with Crippen molar-refractivity contribution in [2.24, 2.45) is 5.41 Å². The Morgan fingerprint density at radius 2 is 1.87 bits per heavy atom. The van der Waals surface area contributed by atoms with Gasteiger partial charge in [-0.2, -0.15) is 5.26 Å². The van der Waals surface area contributed by atoms with E-state index in [9.17, 15) is 14.9 Å². The summed E-state index contributed by atoms with van der Waals surface area (Å²) in [5, 5.41) is 9.79. The Labute approximate surface area is 189 Å². The molecule has 5 nitrogen and oxygen atoms in total. The van der Waals surface area contributed by atoms with E-state index in [1.165, 1.54) is 11.3 Å². The van der Waals surface area contributed by atoms with Crippen molar-refractivity contribution in [1.29, 1.82) is 5.26 Å². The molecule has 3 rings (SSSR count). The molecule has 0 atom stereocenters. The first-order valence-corrected chi connectivity index (χ1v) is 11.6. The number of Topliss-reactive ketones (excluding diaryl/α,β-unsaturated/α-hetero) is 1. The highest BCUT2D eigenvalue weighted by Gasteiger charge is 2.27. The first-order valence-electron chi connectivity index (χ1n) is 9.79. The molecule has 31 heavy (non-hydrogen) atoms. The molecule has 0 unspecified atom stereocenters. The topological polar surface area (TPSA) is 75.8 Å². The van der Waals surface area contributed by atoms with Crippen LogP contribution in [0.15, 0.2) is 64.5 Å². The van der Waals surface area contributed by atoms with Crippen LogP contribution in [0.5, 0.6) is 0 Å². The zero-order valence-corrected chi connectivity index (χ0v) is 19.3. The number of ketones is 1. The average Bonchev–Trinajstić information content (AvgIpc) is 3.05. The minimum absolute atomic E-state index is 0.0358. The Kier molecular flexibility index (Phi) is 7.26. The van der Waals surface area contributed by atoms with Crippen LogP contribution in [0.2, 0.25) is 0 Å². The molecule has 1 aromatic carbocycles. The zero-order valence-electron chi connectivity index (χ0n) is 17.7. The van der Waals surface area contributed by atoms with Gasteiger partial charge in [-0.1, -0.05) is 39.0 Å². The lowest BCUT2D eigenvalue weighted by Gasteiger charge is -2.15. The molecule has 0 fully saturated rings. The van der Waals surface area contributed by atoms with Gasteiger partial charge in [-0.05, 0) is 35.9 Å². The van der Waals surface area contributed by atoms with Gasteiger partial charge < -0.3 is 0 Å². The molecule has 0 saturated heterocycles. The van der Waals surface area contributed by atoms with Gasteiger partial charge >= 0.3 is 0 Å². The number of aromatic nitrogens is 2. The molecule has 0 saturated carbocycles. The third-order valence-corrected chi connectivity index (χ3v) is 6.59. The fraction of sp³-hybridized carbons (Fsp3) is 0.250. The second-order valence-corrected chi connectivity index (χ2v) is 10.1. The maximum atomic E-state index is 13.2. The van der Waals surface area contributed by atoms with Crippen LogP contribution in [-0.4, -0.2) is 21.1 Å². The van der Waals surface area contributed by atoms with E-state index in [-0.39, 0.29) is 16.9 Å². The lowest BCUT2D eigenvalue weighted by Crippen LogP contribution is -2.35. The normalized spacial score (nSPS) is 13.0. The summed E-state index contributed by atoms with van der Waals surface area (Å²) in [5.41, 5.74) is -0.0380. The number of carbonyl (C=O) groups excluding carboxylic acids is 1. The van der Waals surface area contributed by atoms with Crippen LogP contribution in [0.1, 0.15) is 26.3 Å². The highest BCUT2D eigenvalue weighted by atomic mass is 32.2. The third kappa shape index (κ3) is 5.60. The standard InChI is InChI=1S/C24H23N3O2S2/c1-24(2,3)21(28)19(16-25)23-27(13-14-30-18-7-5-4-6-8-18)22(29)20(31-23)15-17-9-11-26-12-10-17/h4-12,15H,13-14H2,1-3H3/b20-15+,23-19-. The smallest absolute Gasteiger partial charge is 0.269 e. The molecule has 0 amide bonds. The number of nitriles is 1. The van der Waals surface area contributed by atoms with Gasteiger partial charge in [0, 0.05) is 35.0 Å². The van der Waals surface area contributed by atoms with Crippen molar-refractivity contribution >= 4 is 40.5 Å². The number of rotatable bonds is 6. The fourth-order valence-corrected chi connectivity index (χ4v) is 4.85. The Morgan fingerprint density at radius 3 is 2.48 bits per heavy atom. The summed E-state index contributed by atoms with van der Waals surface area (Å²) in [6, 6.07) is 15.6. The van der Waals surface area contributed by atoms with Crippen LogP contribution >= 0.6 is 23.1 Å². The predicted molar refractivity (Wildman–Crippen MR) is 126 cm³/mol. The maximum Gasteiger partial charge on any atom is 0.269 e. The van der Waals surface area contributed by atoms with E-state index < -0.39 is 5.41 Å². The summed E-state index contributed by atoms with van der Waals surface area (Å²) in [7, 11) is 0. The number of hydrogen-bond acceptors (Lipinski definition) is 6. The molecule has 0 bridgehead atoms. The van der Waals surface area contributed by atoms with Gasteiger partial charge in [-0.25, -0.2) is 0 Å². The first kappa shape index (κ1) is 22.7. The van der Waals surface area contributed by atoms with Gasteiger partial charge in [0.2, 0.25) is 0 Å². The van der Waals surface area contributed by atoms with E-state index in [0.29, 0.717) is 21.5 Å². The minimum atomic E-state index is -0.719. The van der Waals surface area contributed by atoms with Crippen molar-refractivity contribution in [3.8, 4) is 6.07 Å². The average molecular weight is 450 g/mol. The van der Waals surface area contributed by atoms with Crippen molar-refractivity contribution in [2.75, 3.05) is 5.75 Å². The van der Waals surface area contributed by atoms with Crippen LogP contribution < -0.4 is 14.8 Å². The molecule has 7 heteroatoms. The van der Waals surface area contributed by atoms with E-state index in [4.69, 9.17) is 0 Å². The van der Waals surface area contributed by atoms with Crippen molar-refractivity contribution in [3.05, 3.63) is 80.0 Å². The van der Waals surface area contributed by atoms with Gasteiger partial charge in [0.15, 0.2) is 5.78 Å². The first-order chi connectivity index (χ1) is 14.8. The Hall–Kier alpha value is -2.95. The number of nitrogens with zero attached hydrogens (tertiary/aromatic N) is 3. The second-order valence-electron chi connectivity index (χ2n) is 7.88. The number of thiazole rings is 1. The summed E-state index contributed by atoms with van der Waals surface area (Å²) < 4.78 is 2.47.